The standard InChI is InChI=1S/C17H20BrNO/c1-3-17(14-7-5-8-15(18)11-14)19-12-13-6-4-9-16(10-13)20-2/h4-11,17,19H,3,12H2,1-2H3. The summed E-state index contributed by atoms with van der Waals surface area (Å²) < 4.78 is 6.38. The molecule has 0 aliphatic carbocycles. The minimum Gasteiger partial charge on any atom is -0.497 e. The van der Waals surface area contributed by atoms with Crippen LogP contribution in [-0.2, 0) is 6.54 Å². The summed E-state index contributed by atoms with van der Waals surface area (Å²) in [6.45, 7) is 3.03. The maximum Gasteiger partial charge on any atom is 0.119 e. The largest absolute Gasteiger partial charge is 0.497 e. The topological polar surface area (TPSA) is 21.3 Å². The molecule has 0 bridgehead atoms. The summed E-state index contributed by atoms with van der Waals surface area (Å²) in [5.41, 5.74) is 2.54. The highest BCUT2D eigenvalue weighted by atomic mass is 79.9. The molecule has 106 valence electrons. The van der Waals surface area contributed by atoms with E-state index in [0.29, 0.717) is 6.04 Å². The van der Waals surface area contributed by atoms with E-state index < -0.39 is 0 Å². The van der Waals surface area contributed by atoms with E-state index in [1.807, 2.05) is 12.1 Å². The van der Waals surface area contributed by atoms with Gasteiger partial charge in [-0.3, -0.25) is 0 Å². The van der Waals surface area contributed by atoms with Crippen molar-refractivity contribution in [2.75, 3.05) is 7.11 Å². The molecule has 0 heterocycles. The molecule has 2 nitrogen and oxygen atoms in total. The molecular formula is C17H20BrNO. The van der Waals surface area contributed by atoms with Gasteiger partial charge in [-0.15, -0.1) is 0 Å². The molecule has 0 aliphatic heterocycles. The Kier molecular flexibility index (Phi) is 5.62. The van der Waals surface area contributed by atoms with Gasteiger partial charge in [0.25, 0.3) is 0 Å². The fraction of sp³-hybridized carbons (Fsp3) is 0.294. The van der Waals surface area contributed by atoms with Crippen LogP contribution < -0.4 is 10.1 Å². The van der Waals surface area contributed by atoms with Crippen LogP contribution in [0.4, 0.5) is 0 Å². The second-order valence-electron chi connectivity index (χ2n) is 4.75. The zero-order valence-electron chi connectivity index (χ0n) is 11.9. The van der Waals surface area contributed by atoms with E-state index in [1.54, 1.807) is 7.11 Å². The molecule has 2 aromatic carbocycles. The molecule has 0 saturated heterocycles. The molecule has 20 heavy (non-hydrogen) atoms. The van der Waals surface area contributed by atoms with E-state index in [1.165, 1.54) is 11.1 Å². The molecular weight excluding hydrogens is 314 g/mol. The first-order chi connectivity index (χ1) is 9.72. The van der Waals surface area contributed by atoms with E-state index in [2.05, 4.69) is 64.6 Å². The highest BCUT2D eigenvalue weighted by molar-refractivity contribution is 9.10. The van der Waals surface area contributed by atoms with Gasteiger partial charge in [0, 0.05) is 17.1 Å². The lowest BCUT2D eigenvalue weighted by Gasteiger charge is -2.18. The van der Waals surface area contributed by atoms with E-state index in [4.69, 9.17) is 4.74 Å². The molecule has 1 N–H and O–H groups in total. The summed E-state index contributed by atoms with van der Waals surface area (Å²) in [5.74, 6) is 0.903. The molecule has 1 atom stereocenters. The second kappa shape index (κ2) is 7.46. The van der Waals surface area contributed by atoms with Gasteiger partial charge < -0.3 is 10.1 Å². The number of methoxy groups -OCH3 is 1. The Morgan fingerprint density at radius 1 is 1.15 bits per heavy atom. The molecule has 0 saturated carbocycles. The minimum absolute atomic E-state index is 0.360. The van der Waals surface area contributed by atoms with Gasteiger partial charge in [0.15, 0.2) is 0 Å². The third kappa shape index (κ3) is 4.09. The van der Waals surface area contributed by atoms with Crippen LogP contribution in [0, 0.1) is 0 Å². The molecule has 0 aliphatic rings. The first kappa shape index (κ1) is 15.1. The van der Waals surface area contributed by atoms with Crippen LogP contribution in [0.1, 0.15) is 30.5 Å². The lowest BCUT2D eigenvalue weighted by atomic mass is 10.0. The van der Waals surface area contributed by atoms with Crippen LogP contribution in [0.25, 0.3) is 0 Å². The van der Waals surface area contributed by atoms with Crippen molar-refractivity contribution in [1.82, 2.24) is 5.32 Å². The van der Waals surface area contributed by atoms with Crippen LogP contribution in [0.15, 0.2) is 53.0 Å². The van der Waals surface area contributed by atoms with Crippen molar-refractivity contribution in [1.29, 1.82) is 0 Å². The van der Waals surface area contributed by atoms with Crippen molar-refractivity contribution in [2.24, 2.45) is 0 Å². The number of hydrogen-bond acceptors (Lipinski definition) is 2. The third-order valence-electron chi connectivity index (χ3n) is 3.35. The van der Waals surface area contributed by atoms with E-state index >= 15 is 0 Å². The maximum atomic E-state index is 5.25. The maximum absolute atomic E-state index is 5.25. The van der Waals surface area contributed by atoms with Crippen molar-refractivity contribution in [2.45, 2.75) is 25.9 Å². The van der Waals surface area contributed by atoms with Crippen molar-refractivity contribution in [3.8, 4) is 5.75 Å². The monoisotopic (exact) mass is 333 g/mol. The summed E-state index contributed by atoms with van der Waals surface area (Å²) >= 11 is 3.53. The Morgan fingerprint density at radius 3 is 2.65 bits per heavy atom. The zero-order chi connectivity index (χ0) is 14.4. The SMILES string of the molecule is CCC(NCc1cccc(OC)c1)c1cccc(Br)c1. The first-order valence-corrected chi connectivity index (χ1v) is 7.64. The summed E-state index contributed by atoms with van der Waals surface area (Å²) in [5, 5.41) is 3.60. The second-order valence-corrected chi connectivity index (χ2v) is 5.66. The van der Waals surface area contributed by atoms with E-state index in [0.717, 1.165) is 23.2 Å². The van der Waals surface area contributed by atoms with Crippen molar-refractivity contribution in [3.63, 3.8) is 0 Å². The van der Waals surface area contributed by atoms with Gasteiger partial charge in [0.1, 0.15) is 5.75 Å². The molecule has 0 fully saturated rings. The average molecular weight is 334 g/mol. The number of hydrogen-bond donors (Lipinski definition) is 1. The van der Waals surface area contributed by atoms with Crippen molar-refractivity contribution >= 4 is 15.9 Å². The minimum atomic E-state index is 0.360. The van der Waals surface area contributed by atoms with Gasteiger partial charge in [0.2, 0.25) is 0 Å². The average Bonchev–Trinajstić information content (AvgIpc) is 2.48. The van der Waals surface area contributed by atoms with Gasteiger partial charge in [-0.2, -0.15) is 0 Å². The molecule has 1 unspecified atom stereocenters. The summed E-state index contributed by atoms with van der Waals surface area (Å²) in [4.78, 5) is 0. The highest BCUT2D eigenvalue weighted by Gasteiger charge is 2.09. The lowest BCUT2D eigenvalue weighted by Crippen LogP contribution is -2.20. The quantitative estimate of drug-likeness (QED) is 0.827. The Hall–Kier alpha value is -1.32. The predicted octanol–water partition coefficient (Wildman–Crippen LogP) is 4.70. The van der Waals surface area contributed by atoms with Crippen LogP contribution in [0.3, 0.4) is 0 Å². The van der Waals surface area contributed by atoms with Gasteiger partial charge in [-0.1, -0.05) is 47.1 Å². The smallest absolute Gasteiger partial charge is 0.119 e. The van der Waals surface area contributed by atoms with E-state index in [9.17, 15) is 0 Å². The van der Waals surface area contributed by atoms with Crippen LogP contribution in [-0.4, -0.2) is 7.11 Å². The number of rotatable bonds is 6. The van der Waals surface area contributed by atoms with Crippen molar-refractivity contribution in [3.05, 3.63) is 64.1 Å². The lowest BCUT2D eigenvalue weighted by molar-refractivity contribution is 0.413. The third-order valence-corrected chi connectivity index (χ3v) is 3.84. The fourth-order valence-corrected chi connectivity index (χ4v) is 2.66. The summed E-state index contributed by atoms with van der Waals surface area (Å²) in [6.07, 6.45) is 1.06. The van der Waals surface area contributed by atoms with Gasteiger partial charge in [0.05, 0.1) is 7.11 Å². The molecule has 2 aromatic rings. The van der Waals surface area contributed by atoms with Gasteiger partial charge >= 0.3 is 0 Å². The number of halogens is 1. The number of nitrogens with one attached hydrogen (secondary N) is 1. The molecule has 2 rings (SSSR count). The first-order valence-electron chi connectivity index (χ1n) is 6.84. The normalized spacial score (nSPS) is 12.2. The van der Waals surface area contributed by atoms with Gasteiger partial charge in [-0.25, -0.2) is 0 Å². The van der Waals surface area contributed by atoms with Crippen LogP contribution in [0.2, 0.25) is 0 Å². The highest BCUT2D eigenvalue weighted by Crippen LogP contribution is 2.21. The van der Waals surface area contributed by atoms with Crippen LogP contribution in [0.5, 0.6) is 5.75 Å². The van der Waals surface area contributed by atoms with Crippen LogP contribution >= 0.6 is 15.9 Å². The Bertz CT molecular complexity index is 556. The fourth-order valence-electron chi connectivity index (χ4n) is 2.24. The Labute approximate surface area is 129 Å². The Balaban J connectivity index is 2.03. The zero-order valence-corrected chi connectivity index (χ0v) is 13.5. The number of ether oxygens (including phenoxy) is 1. The molecule has 0 spiro atoms. The molecule has 0 radical (unpaired) electrons. The van der Waals surface area contributed by atoms with E-state index in [-0.39, 0.29) is 0 Å². The number of benzene rings is 2. The molecule has 3 heteroatoms. The molecule has 0 aromatic heterocycles. The Morgan fingerprint density at radius 2 is 1.95 bits per heavy atom. The molecule has 0 amide bonds. The summed E-state index contributed by atoms with van der Waals surface area (Å²) in [6, 6.07) is 17.0. The van der Waals surface area contributed by atoms with Crippen molar-refractivity contribution < 1.29 is 4.74 Å². The van der Waals surface area contributed by atoms with Gasteiger partial charge in [-0.05, 0) is 41.8 Å². The predicted molar refractivity (Wildman–Crippen MR) is 87.0 cm³/mol. The summed E-state index contributed by atoms with van der Waals surface area (Å²) in [7, 11) is 1.70.